The highest BCUT2D eigenvalue weighted by atomic mass is 16.4. The van der Waals surface area contributed by atoms with Crippen molar-refractivity contribution in [2.75, 3.05) is 0 Å². The molecule has 5 heteroatoms. The number of carboxylic acids is 1. The molecule has 2 aromatic rings. The van der Waals surface area contributed by atoms with Crippen molar-refractivity contribution in [1.29, 1.82) is 0 Å². The van der Waals surface area contributed by atoms with E-state index < -0.39 is 11.6 Å². The van der Waals surface area contributed by atoms with Crippen LogP contribution in [0.25, 0.3) is 11.5 Å². The average Bonchev–Trinajstić information content (AvgIpc) is 2.86. The van der Waals surface area contributed by atoms with Crippen LogP contribution in [0.4, 0.5) is 0 Å². The van der Waals surface area contributed by atoms with Gasteiger partial charge in [-0.1, -0.05) is 12.1 Å². The zero-order chi connectivity index (χ0) is 13.5. The van der Waals surface area contributed by atoms with Gasteiger partial charge in [0, 0.05) is 5.56 Å². The Morgan fingerprint density at radius 1 is 1.26 bits per heavy atom. The van der Waals surface area contributed by atoms with Gasteiger partial charge in [-0.05, 0) is 37.0 Å². The summed E-state index contributed by atoms with van der Waals surface area (Å²) in [5.41, 5.74) is 0.768. The predicted molar refractivity (Wildman–Crippen MR) is 66.6 cm³/mol. The van der Waals surface area contributed by atoms with Crippen LogP contribution < -0.4 is 0 Å². The first-order chi connectivity index (χ1) is 9.08. The molecular formula is C14H13NO4. The van der Waals surface area contributed by atoms with E-state index in [4.69, 9.17) is 9.52 Å². The van der Waals surface area contributed by atoms with Crippen molar-refractivity contribution in [3.05, 3.63) is 41.8 Å². The van der Waals surface area contributed by atoms with Gasteiger partial charge in [-0.15, -0.1) is 0 Å². The number of rotatable bonds is 3. The van der Waals surface area contributed by atoms with Crippen LogP contribution in [0.15, 0.2) is 34.9 Å². The molecule has 1 saturated carbocycles. The third-order valence-corrected chi connectivity index (χ3v) is 3.57. The van der Waals surface area contributed by atoms with E-state index in [-0.39, 0.29) is 11.6 Å². The molecule has 98 valence electrons. The molecule has 0 spiro atoms. The van der Waals surface area contributed by atoms with Crippen LogP contribution in [0.1, 0.15) is 35.3 Å². The number of aromatic carboxylic acids is 1. The summed E-state index contributed by atoms with van der Waals surface area (Å²) < 4.78 is 5.12. The minimum Gasteiger partial charge on any atom is -0.476 e. The number of nitrogens with zero attached hydrogens (tertiary/aromatic N) is 1. The molecule has 0 unspecified atom stereocenters. The van der Waals surface area contributed by atoms with Crippen LogP contribution in [0.3, 0.4) is 0 Å². The number of aliphatic hydroxyl groups is 1. The fourth-order valence-electron chi connectivity index (χ4n) is 2.23. The first-order valence-corrected chi connectivity index (χ1v) is 6.11. The molecule has 1 aliphatic rings. The van der Waals surface area contributed by atoms with Gasteiger partial charge >= 0.3 is 5.97 Å². The monoisotopic (exact) mass is 259 g/mol. The second-order valence-corrected chi connectivity index (χ2v) is 4.81. The Labute approximate surface area is 109 Å². The maximum atomic E-state index is 10.7. The smallest absolute Gasteiger partial charge is 0.357 e. The van der Waals surface area contributed by atoms with Crippen molar-refractivity contribution in [1.82, 2.24) is 4.98 Å². The number of carbonyl (C=O) groups is 1. The number of hydrogen-bond donors (Lipinski definition) is 2. The molecule has 0 atom stereocenters. The van der Waals surface area contributed by atoms with Crippen LogP contribution in [-0.4, -0.2) is 21.2 Å². The molecule has 5 nitrogen and oxygen atoms in total. The molecule has 0 bridgehead atoms. The lowest BCUT2D eigenvalue weighted by Crippen LogP contribution is -2.33. The number of benzene rings is 1. The maximum Gasteiger partial charge on any atom is 0.357 e. The first-order valence-electron chi connectivity index (χ1n) is 6.11. The molecule has 1 aromatic heterocycles. The van der Waals surface area contributed by atoms with Gasteiger partial charge in [0.15, 0.2) is 5.69 Å². The number of oxazole rings is 1. The van der Waals surface area contributed by atoms with E-state index >= 15 is 0 Å². The topological polar surface area (TPSA) is 83.6 Å². The van der Waals surface area contributed by atoms with Crippen molar-refractivity contribution in [3.63, 3.8) is 0 Å². The Morgan fingerprint density at radius 2 is 1.95 bits per heavy atom. The quantitative estimate of drug-likeness (QED) is 0.884. The molecule has 1 heterocycles. The second kappa shape index (κ2) is 4.20. The molecule has 1 aromatic carbocycles. The molecule has 2 N–H and O–H groups in total. The molecule has 0 saturated heterocycles. The Hall–Kier alpha value is -2.14. The summed E-state index contributed by atoms with van der Waals surface area (Å²) in [6.07, 6.45) is 3.73. The molecular weight excluding hydrogens is 246 g/mol. The van der Waals surface area contributed by atoms with Crippen molar-refractivity contribution >= 4 is 5.97 Å². The lowest BCUT2D eigenvalue weighted by atomic mass is 9.75. The Kier molecular flexibility index (Phi) is 2.64. The first kappa shape index (κ1) is 11.9. The summed E-state index contributed by atoms with van der Waals surface area (Å²) in [5.74, 6) is -0.847. The van der Waals surface area contributed by atoms with E-state index in [2.05, 4.69) is 4.98 Å². The normalized spacial score (nSPS) is 16.9. The molecule has 0 amide bonds. The van der Waals surface area contributed by atoms with Crippen LogP contribution in [0.5, 0.6) is 0 Å². The Morgan fingerprint density at radius 3 is 2.42 bits per heavy atom. The highest BCUT2D eigenvalue weighted by Crippen LogP contribution is 2.41. The van der Waals surface area contributed by atoms with Gasteiger partial charge in [0.05, 0.1) is 5.60 Å². The highest BCUT2D eigenvalue weighted by molar-refractivity contribution is 5.85. The maximum absolute atomic E-state index is 10.7. The van der Waals surface area contributed by atoms with Crippen molar-refractivity contribution in [2.45, 2.75) is 24.9 Å². The van der Waals surface area contributed by atoms with Gasteiger partial charge in [-0.25, -0.2) is 9.78 Å². The summed E-state index contributed by atoms with van der Waals surface area (Å²) in [4.78, 5) is 14.6. The molecule has 1 fully saturated rings. The molecule has 1 aliphatic carbocycles. The largest absolute Gasteiger partial charge is 0.476 e. The Balaban J connectivity index is 1.87. The van der Waals surface area contributed by atoms with Gasteiger partial charge in [0.25, 0.3) is 0 Å². The summed E-state index contributed by atoms with van der Waals surface area (Å²) in [6.45, 7) is 0. The van der Waals surface area contributed by atoms with E-state index in [1.165, 1.54) is 0 Å². The zero-order valence-electron chi connectivity index (χ0n) is 10.2. The van der Waals surface area contributed by atoms with Crippen LogP contribution in [0, 0.1) is 0 Å². The summed E-state index contributed by atoms with van der Waals surface area (Å²) in [7, 11) is 0. The standard InChI is InChI=1S/C14H13NO4/c16-13(17)11-8-19-12(15-11)9-2-4-10(5-3-9)14(18)6-1-7-14/h2-5,8,18H,1,6-7H2,(H,16,17). The Bertz CT molecular complexity index is 611. The van der Waals surface area contributed by atoms with E-state index in [1.807, 2.05) is 12.1 Å². The lowest BCUT2D eigenvalue weighted by Gasteiger charge is -2.37. The van der Waals surface area contributed by atoms with Crippen LogP contribution in [-0.2, 0) is 5.60 Å². The van der Waals surface area contributed by atoms with Crippen molar-refractivity contribution < 1.29 is 19.4 Å². The van der Waals surface area contributed by atoms with Crippen molar-refractivity contribution in [3.8, 4) is 11.5 Å². The SMILES string of the molecule is O=C(O)c1coc(-c2ccc(C3(O)CCC3)cc2)n1. The fourth-order valence-corrected chi connectivity index (χ4v) is 2.23. The molecule has 19 heavy (non-hydrogen) atoms. The van der Waals surface area contributed by atoms with Crippen molar-refractivity contribution in [2.24, 2.45) is 0 Å². The summed E-state index contributed by atoms with van der Waals surface area (Å²) >= 11 is 0. The lowest BCUT2D eigenvalue weighted by molar-refractivity contribution is -0.0387. The minimum atomic E-state index is -1.12. The van der Waals surface area contributed by atoms with E-state index in [0.29, 0.717) is 5.56 Å². The van der Waals surface area contributed by atoms with Gasteiger partial charge in [-0.3, -0.25) is 0 Å². The predicted octanol–water partition coefficient (Wildman–Crippen LogP) is 2.41. The van der Waals surface area contributed by atoms with Gasteiger partial charge in [0.2, 0.25) is 5.89 Å². The third-order valence-electron chi connectivity index (χ3n) is 3.57. The van der Waals surface area contributed by atoms with E-state index in [1.54, 1.807) is 12.1 Å². The number of carboxylic acid groups (broad SMARTS) is 1. The summed E-state index contributed by atoms with van der Waals surface area (Å²) in [5, 5.41) is 19.0. The number of aromatic nitrogens is 1. The summed E-state index contributed by atoms with van der Waals surface area (Å²) in [6, 6.07) is 7.23. The van der Waals surface area contributed by atoms with Gasteiger partial charge < -0.3 is 14.6 Å². The molecule has 0 aliphatic heterocycles. The van der Waals surface area contributed by atoms with Gasteiger partial charge in [-0.2, -0.15) is 0 Å². The second-order valence-electron chi connectivity index (χ2n) is 4.81. The zero-order valence-corrected chi connectivity index (χ0v) is 10.2. The number of hydrogen-bond acceptors (Lipinski definition) is 4. The van der Waals surface area contributed by atoms with Gasteiger partial charge in [0.1, 0.15) is 6.26 Å². The fraction of sp³-hybridized carbons (Fsp3) is 0.286. The molecule has 3 rings (SSSR count). The third kappa shape index (κ3) is 2.02. The molecule has 0 radical (unpaired) electrons. The van der Waals surface area contributed by atoms with E-state index in [0.717, 1.165) is 31.1 Å². The van der Waals surface area contributed by atoms with Crippen LogP contribution in [0.2, 0.25) is 0 Å². The average molecular weight is 259 g/mol. The highest BCUT2D eigenvalue weighted by Gasteiger charge is 2.35. The van der Waals surface area contributed by atoms with E-state index in [9.17, 15) is 9.90 Å². The minimum absolute atomic E-state index is 0.114. The van der Waals surface area contributed by atoms with Crippen LogP contribution >= 0.6 is 0 Å².